The summed E-state index contributed by atoms with van der Waals surface area (Å²) in [5, 5.41) is 8.23. The summed E-state index contributed by atoms with van der Waals surface area (Å²) >= 11 is 0. The molecule has 3 heteroatoms. The van der Waals surface area contributed by atoms with Gasteiger partial charge in [0.1, 0.15) is 11.6 Å². The van der Waals surface area contributed by atoms with Crippen LogP contribution in [0.2, 0.25) is 0 Å². The van der Waals surface area contributed by atoms with E-state index in [4.69, 9.17) is 5.26 Å². The number of halogens is 2. The molecule has 0 amide bonds. The zero-order valence-corrected chi connectivity index (χ0v) is 6.35. The fourth-order valence-electron chi connectivity index (χ4n) is 0.915. The zero-order chi connectivity index (χ0) is 8.97. The lowest BCUT2D eigenvalue weighted by Gasteiger charge is -1.98. The summed E-state index contributed by atoms with van der Waals surface area (Å²) in [6, 6.07) is 5.28. The Labute approximate surface area is 69.2 Å². The largest absolute Gasteiger partial charge is 0.207 e. The van der Waals surface area contributed by atoms with Crippen molar-refractivity contribution in [3.63, 3.8) is 0 Å². The van der Waals surface area contributed by atoms with Gasteiger partial charge in [-0.1, -0.05) is 6.07 Å². The second-order valence-corrected chi connectivity index (χ2v) is 2.39. The van der Waals surface area contributed by atoms with E-state index >= 15 is 0 Å². The first kappa shape index (κ1) is 8.66. The Hall–Kier alpha value is -1.43. The van der Waals surface area contributed by atoms with E-state index in [0.717, 1.165) is 6.07 Å². The van der Waals surface area contributed by atoms with Gasteiger partial charge in [0, 0.05) is 12.5 Å². The first-order chi connectivity index (χ1) is 5.74. The van der Waals surface area contributed by atoms with E-state index in [1.54, 1.807) is 0 Å². The molecule has 0 radical (unpaired) electrons. The smallest absolute Gasteiger partial charge is 0.129 e. The Morgan fingerprint density at radius 3 is 2.67 bits per heavy atom. The highest BCUT2D eigenvalue weighted by Gasteiger charge is 2.02. The van der Waals surface area contributed by atoms with Gasteiger partial charge in [-0.2, -0.15) is 5.26 Å². The van der Waals surface area contributed by atoms with Gasteiger partial charge >= 0.3 is 0 Å². The summed E-state index contributed by atoms with van der Waals surface area (Å²) in [6.07, 6.45) is 0.588. The molecule has 1 aromatic carbocycles. The van der Waals surface area contributed by atoms with Crippen LogP contribution in [-0.4, -0.2) is 0 Å². The van der Waals surface area contributed by atoms with Crippen LogP contribution in [-0.2, 0) is 6.42 Å². The van der Waals surface area contributed by atoms with Gasteiger partial charge in [0.25, 0.3) is 0 Å². The number of aryl methyl sites for hydroxylation is 1. The second kappa shape index (κ2) is 3.82. The molecule has 0 saturated heterocycles. The molecule has 0 aliphatic heterocycles. The average Bonchev–Trinajstić information content (AvgIpc) is 2.03. The van der Waals surface area contributed by atoms with Crippen LogP contribution in [0.15, 0.2) is 18.2 Å². The highest BCUT2D eigenvalue weighted by Crippen LogP contribution is 2.10. The summed E-state index contributed by atoms with van der Waals surface area (Å²) in [4.78, 5) is 0. The maximum atomic E-state index is 12.8. The van der Waals surface area contributed by atoms with E-state index in [1.165, 1.54) is 12.1 Å². The van der Waals surface area contributed by atoms with Crippen molar-refractivity contribution in [1.29, 1.82) is 5.26 Å². The third-order valence-electron chi connectivity index (χ3n) is 1.52. The highest BCUT2D eigenvalue weighted by molar-refractivity contribution is 5.19. The van der Waals surface area contributed by atoms with Gasteiger partial charge in [-0.25, -0.2) is 8.78 Å². The zero-order valence-electron chi connectivity index (χ0n) is 6.35. The van der Waals surface area contributed by atoms with Crippen LogP contribution < -0.4 is 0 Å². The minimum Gasteiger partial charge on any atom is -0.207 e. The third kappa shape index (κ3) is 2.03. The molecule has 0 N–H and O–H groups in total. The monoisotopic (exact) mass is 167 g/mol. The fraction of sp³-hybridized carbons (Fsp3) is 0.222. The van der Waals surface area contributed by atoms with Crippen molar-refractivity contribution >= 4 is 0 Å². The van der Waals surface area contributed by atoms with E-state index in [-0.39, 0.29) is 6.42 Å². The Bertz CT molecular complexity index is 315. The van der Waals surface area contributed by atoms with Gasteiger partial charge in [0.15, 0.2) is 0 Å². The van der Waals surface area contributed by atoms with Crippen LogP contribution in [0, 0.1) is 23.0 Å². The third-order valence-corrected chi connectivity index (χ3v) is 1.52. The first-order valence-corrected chi connectivity index (χ1v) is 3.55. The standard InChI is InChI=1S/C9H7F2N/c10-8-4-3-7(2-1-5-12)9(11)6-8/h3-4,6H,1-2H2. The van der Waals surface area contributed by atoms with Gasteiger partial charge in [-0.05, 0) is 18.1 Å². The van der Waals surface area contributed by atoms with Gasteiger partial charge in [-0.15, -0.1) is 0 Å². The maximum Gasteiger partial charge on any atom is 0.129 e. The lowest BCUT2D eigenvalue weighted by molar-refractivity contribution is 0.572. The number of hydrogen-bond donors (Lipinski definition) is 0. The molecule has 0 unspecified atom stereocenters. The quantitative estimate of drug-likeness (QED) is 0.663. The molecular weight excluding hydrogens is 160 g/mol. The Kier molecular flexibility index (Phi) is 2.76. The molecular formula is C9H7F2N. The molecule has 0 fully saturated rings. The lowest BCUT2D eigenvalue weighted by atomic mass is 10.1. The number of hydrogen-bond acceptors (Lipinski definition) is 1. The van der Waals surface area contributed by atoms with E-state index in [0.29, 0.717) is 12.0 Å². The summed E-state index contributed by atoms with van der Waals surface area (Å²) in [5.41, 5.74) is 0.387. The van der Waals surface area contributed by atoms with Crippen LogP contribution in [0.25, 0.3) is 0 Å². The molecule has 12 heavy (non-hydrogen) atoms. The Morgan fingerprint density at radius 2 is 2.08 bits per heavy atom. The number of nitriles is 1. The average molecular weight is 167 g/mol. The van der Waals surface area contributed by atoms with E-state index in [1.807, 2.05) is 6.07 Å². The Balaban J connectivity index is 2.81. The molecule has 0 atom stereocenters. The van der Waals surface area contributed by atoms with Crippen molar-refractivity contribution in [1.82, 2.24) is 0 Å². The minimum absolute atomic E-state index is 0.253. The van der Waals surface area contributed by atoms with Crippen molar-refractivity contribution in [3.05, 3.63) is 35.4 Å². The number of benzene rings is 1. The topological polar surface area (TPSA) is 23.8 Å². The van der Waals surface area contributed by atoms with Crippen LogP contribution in [0.5, 0.6) is 0 Å². The lowest BCUT2D eigenvalue weighted by Crippen LogP contribution is -1.90. The van der Waals surface area contributed by atoms with E-state index in [2.05, 4.69) is 0 Å². The summed E-state index contributed by atoms with van der Waals surface area (Å²) in [6.45, 7) is 0. The van der Waals surface area contributed by atoms with Crippen LogP contribution in [0.3, 0.4) is 0 Å². The van der Waals surface area contributed by atoms with Crippen LogP contribution in [0.4, 0.5) is 8.78 Å². The molecule has 1 aromatic rings. The SMILES string of the molecule is N#CCCc1ccc(F)cc1F. The van der Waals surface area contributed by atoms with Crippen molar-refractivity contribution in [2.45, 2.75) is 12.8 Å². The van der Waals surface area contributed by atoms with Crippen molar-refractivity contribution < 1.29 is 8.78 Å². The maximum absolute atomic E-state index is 12.8. The molecule has 1 rings (SSSR count). The fourth-order valence-corrected chi connectivity index (χ4v) is 0.915. The number of nitrogens with zero attached hydrogens (tertiary/aromatic N) is 1. The molecule has 0 bridgehead atoms. The molecule has 1 nitrogen and oxygen atoms in total. The van der Waals surface area contributed by atoms with Gasteiger partial charge in [0.05, 0.1) is 6.07 Å². The van der Waals surface area contributed by atoms with Crippen LogP contribution in [0.1, 0.15) is 12.0 Å². The van der Waals surface area contributed by atoms with Gasteiger partial charge in [-0.3, -0.25) is 0 Å². The summed E-state index contributed by atoms with van der Waals surface area (Å²) < 4.78 is 25.2. The van der Waals surface area contributed by atoms with Gasteiger partial charge in [0.2, 0.25) is 0 Å². The molecule has 62 valence electrons. The second-order valence-electron chi connectivity index (χ2n) is 2.39. The molecule has 0 heterocycles. The highest BCUT2D eigenvalue weighted by atomic mass is 19.1. The predicted octanol–water partition coefficient (Wildman–Crippen LogP) is 2.42. The van der Waals surface area contributed by atoms with Crippen molar-refractivity contribution in [2.75, 3.05) is 0 Å². The van der Waals surface area contributed by atoms with E-state index in [9.17, 15) is 8.78 Å². The normalized spacial score (nSPS) is 9.42. The van der Waals surface area contributed by atoms with Crippen LogP contribution >= 0.6 is 0 Å². The number of rotatable bonds is 2. The first-order valence-electron chi connectivity index (χ1n) is 3.55. The molecule has 0 spiro atoms. The van der Waals surface area contributed by atoms with E-state index < -0.39 is 11.6 Å². The summed E-state index contributed by atoms with van der Waals surface area (Å²) in [7, 11) is 0. The molecule has 0 aliphatic rings. The summed E-state index contributed by atoms with van der Waals surface area (Å²) in [5.74, 6) is -1.17. The van der Waals surface area contributed by atoms with Crippen molar-refractivity contribution in [3.8, 4) is 6.07 Å². The minimum atomic E-state index is -0.590. The predicted molar refractivity (Wildman–Crippen MR) is 40.3 cm³/mol. The van der Waals surface area contributed by atoms with Gasteiger partial charge < -0.3 is 0 Å². The Morgan fingerprint density at radius 1 is 1.33 bits per heavy atom. The molecule has 0 aromatic heterocycles. The molecule has 0 saturated carbocycles. The van der Waals surface area contributed by atoms with Crippen molar-refractivity contribution in [2.24, 2.45) is 0 Å². The molecule has 0 aliphatic carbocycles.